The molecule has 174 valence electrons. The van der Waals surface area contributed by atoms with Gasteiger partial charge in [-0.2, -0.15) is 5.10 Å². The molecule has 1 aliphatic carbocycles. The fourth-order valence-corrected chi connectivity index (χ4v) is 3.14. The number of anilines is 1. The summed E-state index contributed by atoms with van der Waals surface area (Å²) in [5.74, 6) is 4.36. The molecule has 0 aliphatic heterocycles. The van der Waals surface area contributed by atoms with Crippen molar-refractivity contribution in [2.45, 2.75) is 50.9 Å². The summed E-state index contributed by atoms with van der Waals surface area (Å²) in [6.45, 7) is 3.97. The molecule has 8 nitrogen and oxygen atoms in total. The molecule has 0 amide bonds. The van der Waals surface area contributed by atoms with Gasteiger partial charge in [0.05, 0.1) is 17.6 Å². The van der Waals surface area contributed by atoms with E-state index in [0.29, 0.717) is 24.0 Å². The number of hydrogen-bond donors (Lipinski definition) is 4. The average Bonchev–Trinajstić information content (AvgIpc) is 3.55. The number of aldehydes is 2. The highest BCUT2D eigenvalue weighted by molar-refractivity contribution is 5.79. The molecule has 2 rings (SSSR count). The van der Waals surface area contributed by atoms with Crippen LogP contribution in [0, 0.1) is 11.6 Å². The number of nitrogens with zero attached hydrogens (tertiary/aromatic N) is 2. The zero-order chi connectivity index (χ0) is 23.6. The van der Waals surface area contributed by atoms with E-state index in [0.717, 1.165) is 32.2 Å². The predicted molar refractivity (Wildman–Crippen MR) is 119 cm³/mol. The lowest BCUT2D eigenvalue weighted by atomic mass is 9.82. The van der Waals surface area contributed by atoms with Crippen molar-refractivity contribution in [3.8, 4) is 0 Å². The van der Waals surface area contributed by atoms with Gasteiger partial charge in [-0.05, 0) is 64.3 Å². The Morgan fingerprint density at radius 2 is 2.00 bits per heavy atom. The number of hydrazine groups is 1. The van der Waals surface area contributed by atoms with Gasteiger partial charge in [0.15, 0.2) is 0 Å². The smallest absolute Gasteiger partial charge is 0.147 e. The van der Waals surface area contributed by atoms with E-state index < -0.39 is 17.0 Å². The summed E-state index contributed by atoms with van der Waals surface area (Å²) < 4.78 is 29.3. The number of amidine groups is 1. The minimum absolute atomic E-state index is 0.0129. The molecular formula is C21H34F2N6O2. The van der Waals surface area contributed by atoms with Crippen LogP contribution >= 0.6 is 0 Å². The van der Waals surface area contributed by atoms with Gasteiger partial charge in [0.25, 0.3) is 0 Å². The van der Waals surface area contributed by atoms with Crippen molar-refractivity contribution in [2.24, 2.45) is 16.7 Å². The van der Waals surface area contributed by atoms with Crippen LogP contribution in [-0.2, 0) is 15.0 Å². The van der Waals surface area contributed by atoms with Crippen LogP contribution in [-0.4, -0.2) is 45.6 Å². The van der Waals surface area contributed by atoms with Gasteiger partial charge < -0.3 is 25.5 Å². The van der Waals surface area contributed by atoms with Gasteiger partial charge in [-0.15, -0.1) is 0 Å². The van der Waals surface area contributed by atoms with E-state index >= 15 is 0 Å². The maximum atomic E-state index is 14.8. The Balaban J connectivity index is 0.000000407. The van der Waals surface area contributed by atoms with E-state index in [4.69, 9.17) is 11.6 Å². The molecule has 1 saturated carbocycles. The van der Waals surface area contributed by atoms with E-state index in [1.54, 1.807) is 13.8 Å². The van der Waals surface area contributed by atoms with Gasteiger partial charge in [-0.3, -0.25) is 0 Å². The van der Waals surface area contributed by atoms with Gasteiger partial charge >= 0.3 is 0 Å². The van der Waals surface area contributed by atoms with Crippen molar-refractivity contribution in [3.05, 3.63) is 28.8 Å². The number of nitrogens with one attached hydrogen (secondary N) is 2. The molecule has 0 heterocycles. The number of benzene rings is 1. The van der Waals surface area contributed by atoms with Crippen molar-refractivity contribution in [3.63, 3.8) is 0 Å². The fourth-order valence-electron chi connectivity index (χ4n) is 3.14. The lowest BCUT2D eigenvalue weighted by Crippen LogP contribution is -2.29. The highest BCUT2D eigenvalue weighted by Gasteiger charge is 2.36. The minimum atomic E-state index is -1.16. The number of hydrazone groups is 1. The summed E-state index contributed by atoms with van der Waals surface area (Å²) >= 11 is 0. The Kier molecular flexibility index (Phi) is 10.5. The topological polar surface area (TPSA) is 126 Å². The summed E-state index contributed by atoms with van der Waals surface area (Å²) in [7, 11) is 3.40. The van der Waals surface area contributed by atoms with Crippen LogP contribution in [0.3, 0.4) is 0 Å². The van der Waals surface area contributed by atoms with E-state index in [-0.39, 0.29) is 23.7 Å². The molecular weight excluding hydrogens is 406 g/mol. The van der Waals surface area contributed by atoms with Crippen molar-refractivity contribution in [2.75, 3.05) is 32.1 Å². The fraction of sp³-hybridized carbons (Fsp3) is 0.571. The van der Waals surface area contributed by atoms with Gasteiger partial charge in [0, 0.05) is 19.0 Å². The van der Waals surface area contributed by atoms with Crippen molar-refractivity contribution >= 4 is 24.1 Å². The molecule has 0 atom stereocenters. The molecule has 1 fully saturated rings. The molecule has 31 heavy (non-hydrogen) atoms. The molecule has 1 aromatic rings. The number of halogens is 2. The predicted octanol–water partition coefficient (Wildman–Crippen LogP) is 1.68. The quantitative estimate of drug-likeness (QED) is 0.103. The number of likely N-dealkylation sites (N-methyl/N-ethyl adjacent to an activating group) is 1. The van der Waals surface area contributed by atoms with Crippen LogP contribution in [0.5, 0.6) is 0 Å². The SMILES string of the molecule is CN(CC=O)c1c(F)cc(C2CC2)c(F)c1C(C)(C)C=O.CNCCC/C(N)=N/NN. The van der Waals surface area contributed by atoms with Crippen LogP contribution in [0.4, 0.5) is 14.5 Å². The van der Waals surface area contributed by atoms with Crippen LogP contribution in [0.15, 0.2) is 11.2 Å². The second-order valence-electron chi connectivity index (χ2n) is 8.09. The normalized spacial score (nSPS) is 13.8. The maximum absolute atomic E-state index is 14.8. The zero-order valence-corrected chi connectivity index (χ0v) is 18.7. The lowest BCUT2D eigenvalue weighted by molar-refractivity contribution is -0.111. The molecule has 0 aromatic heterocycles. The van der Waals surface area contributed by atoms with Gasteiger partial charge in [-0.1, -0.05) is 0 Å². The highest BCUT2D eigenvalue weighted by atomic mass is 19.1. The standard InChI is InChI=1S/C16H19F2NO2.C5H15N5/c1-16(2,9-21)13-14(18)11(10-4-5-10)8-12(17)15(13)19(3)6-7-20;1-8-4-2-3-5(6)9-10-7/h7-10H,4-6H2,1-3H3;8,10H,2-4,7H2,1H3,(H2,6,9). The molecule has 0 radical (unpaired) electrons. The summed E-state index contributed by atoms with van der Waals surface area (Å²) in [5, 5.41) is 6.59. The first-order valence-electron chi connectivity index (χ1n) is 10.2. The zero-order valence-electron chi connectivity index (χ0n) is 18.7. The molecule has 0 saturated heterocycles. The van der Waals surface area contributed by atoms with Crippen molar-refractivity contribution < 1.29 is 18.4 Å². The molecule has 6 N–H and O–H groups in total. The van der Waals surface area contributed by atoms with Crippen LogP contribution in [0.1, 0.15) is 56.6 Å². The third-order valence-corrected chi connectivity index (χ3v) is 4.97. The Hall–Kier alpha value is -2.59. The average molecular weight is 441 g/mol. The van der Waals surface area contributed by atoms with Crippen LogP contribution < -0.4 is 27.3 Å². The summed E-state index contributed by atoms with van der Waals surface area (Å²) in [6, 6.07) is 1.20. The first-order chi connectivity index (χ1) is 14.6. The monoisotopic (exact) mass is 440 g/mol. The van der Waals surface area contributed by atoms with Gasteiger partial charge in [0.2, 0.25) is 0 Å². The number of rotatable bonds is 11. The highest BCUT2D eigenvalue weighted by Crippen LogP contribution is 2.46. The molecule has 10 heteroatoms. The lowest BCUT2D eigenvalue weighted by Gasteiger charge is -2.29. The first kappa shape index (κ1) is 26.4. The van der Waals surface area contributed by atoms with Gasteiger partial charge in [0.1, 0.15) is 30.0 Å². The Bertz CT molecular complexity index is 782. The number of carbonyl (C=O) groups excluding carboxylic acids is 2. The number of nitrogens with two attached hydrogens (primary N) is 2. The van der Waals surface area contributed by atoms with Crippen molar-refractivity contribution in [1.82, 2.24) is 10.9 Å². The second-order valence-corrected chi connectivity index (χ2v) is 8.09. The molecule has 0 unspecified atom stereocenters. The number of hydrogen-bond acceptors (Lipinski definition) is 7. The van der Waals surface area contributed by atoms with E-state index in [2.05, 4.69) is 16.0 Å². The Morgan fingerprint density at radius 1 is 1.35 bits per heavy atom. The summed E-state index contributed by atoms with van der Waals surface area (Å²) in [6.07, 6.45) is 4.64. The Morgan fingerprint density at radius 3 is 2.48 bits per heavy atom. The van der Waals surface area contributed by atoms with Crippen molar-refractivity contribution in [1.29, 1.82) is 0 Å². The summed E-state index contributed by atoms with van der Waals surface area (Å²) in [4.78, 5) is 23.4. The molecule has 0 bridgehead atoms. The number of carbonyl (C=O) groups is 2. The Labute approximate surface area is 182 Å². The van der Waals surface area contributed by atoms with E-state index in [1.807, 2.05) is 7.05 Å². The van der Waals surface area contributed by atoms with Gasteiger partial charge in [-0.25, -0.2) is 20.2 Å². The minimum Gasteiger partial charge on any atom is -0.386 e. The summed E-state index contributed by atoms with van der Waals surface area (Å²) in [5.41, 5.74) is 6.73. The maximum Gasteiger partial charge on any atom is 0.147 e. The van der Waals surface area contributed by atoms with Crippen LogP contribution in [0.2, 0.25) is 0 Å². The molecule has 1 aliphatic rings. The largest absolute Gasteiger partial charge is 0.386 e. The third-order valence-electron chi connectivity index (χ3n) is 4.97. The second kappa shape index (κ2) is 12.3. The third kappa shape index (κ3) is 7.55. The first-order valence-corrected chi connectivity index (χ1v) is 10.2. The molecule has 1 aromatic carbocycles. The van der Waals surface area contributed by atoms with E-state index in [1.165, 1.54) is 18.0 Å². The van der Waals surface area contributed by atoms with Crippen LogP contribution in [0.25, 0.3) is 0 Å². The van der Waals surface area contributed by atoms with E-state index in [9.17, 15) is 18.4 Å². The molecule has 0 spiro atoms.